The minimum absolute atomic E-state index is 0.565. The molecule has 0 bridgehead atoms. The number of nitrogens with zero attached hydrogens (tertiary/aromatic N) is 5. The average molecular weight is 452 g/mol. The maximum Gasteiger partial charge on any atom is 0.127 e. The Labute approximate surface area is 192 Å². The number of fused-ring (bicyclic) bond motifs is 1. The molecule has 2 heterocycles. The monoisotopic (exact) mass is 451 g/mol. The highest BCUT2D eigenvalue weighted by Crippen LogP contribution is 2.38. The van der Waals surface area contributed by atoms with Crippen LogP contribution in [0.3, 0.4) is 0 Å². The number of anilines is 2. The van der Waals surface area contributed by atoms with Crippen molar-refractivity contribution in [2.75, 3.05) is 31.5 Å². The van der Waals surface area contributed by atoms with E-state index in [1.807, 2.05) is 38.4 Å². The van der Waals surface area contributed by atoms with E-state index >= 15 is 0 Å². The molecule has 2 aromatic carbocycles. The molecule has 166 valence electrons. The molecule has 2 aromatic heterocycles. The van der Waals surface area contributed by atoms with Crippen molar-refractivity contribution in [3.8, 4) is 22.8 Å². The molecule has 0 aliphatic heterocycles. The molecule has 0 amide bonds. The Morgan fingerprint density at radius 2 is 1.91 bits per heavy atom. The van der Waals surface area contributed by atoms with Gasteiger partial charge in [-0.1, -0.05) is 0 Å². The minimum atomic E-state index is 0.565. The minimum Gasteiger partial charge on any atom is -0.497 e. The summed E-state index contributed by atoms with van der Waals surface area (Å²) in [4.78, 5) is 11.7. The van der Waals surface area contributed by atoms with Crippen LogP contribution in [0.15, 0.2) is 48.9 Å². The normalized spacial score (nSPS) is 11.0. The standard InChI is InChI=1S/C24H26ClN5O2/c1-16-23(11-19(31-3)12-24(16)32-4)30(9-5-8-25)18-6-7-20-21(10-18)28-22(14-26-20)17-13-27-29(2)15-17/h6-7,10-15H,5,8-9H2,1-4H3. The molecule has 4 rings (SSSR count). The summed E-state index contributed by atoms with van der Waals surface area (Å²) < 4.78 is 12.9. The Kier molecular flexibility index (Phi) is 6.46. The van der Waals surface area contributed by atoms with Crippen LogP contribution in [0.5, 0.6) is 11.5 Å². The third kappa shape index (κ3) is 4.34. The van der Waals surface area contributed by atoms with Crippen LogP contribution in [0.4, 0.5) is 11.4 Å². The number of ether oxygens (including phenoxy) is 2. The molecule has 0 fully saturated rings. The maximum absolute atomic E-state index is 6.06. The Bertz CT molecular complexity index is 1240. The second-order valence-corrected chi connectivity index (χ2v) is 7.88. The van der Waals surface area contributed by atoms with Crippen LogP contribution in [-0.2, 0) is 7.05 Å². The first-order valence-electron chi connectivity index (χ1n) is 10.4. The number of rotatable bonds is 8. The van der Waals surface area contributed by atoms with E-state index < -0.39 is 0 Å². The van der Waals surface area contributed by atoms with Crippen LogP contribution in [0.2, 0.25) is 0 Å². The molecule has 0 N–H and O–H groups in total. The van der Waals surface area contributed by atoms with Crippen LogP contribution in [0.1, 0.15) is 12.0 Å². The zero-order chi connectivity index (χ0) is 22.7. The van der Waals surface area contributed by atoms with Gasteiger partial charge in [-0.3, -0.25) is 9.67 Å². The number of hydrogen-bond acceptors (Lipinski definition) is 6. The highest BCUT2D eigenvalue weighted by molar-refractivity contribution is 6.17. The molecule has 0 spiro atoms. The van der Waals surface area contributed by atoms with Crippen molar-refractivity contribution in [2.45, 2.75) is 13.3 Å². The fraction of sp³-hybridized carbons (Fsp3) is 0.292. The first-order chi connectivity index (χ1) is 15.5. The van der Waals surface area contributed by atoms with Gasteiger partial charge in [-0.15, -0.1) is 11.6 Å². The number of aryl methyl sites for hydroxylation is 1. The van der Waals surface area contributed by atoms with Gasteiger partial charge in [0, 0.05) is 54.6 Å². The Morgan fingerprint density at radius 3 is 2.59 bits per heavy atom. The van der Waals surface area contributed by atoms with Gasteiger partial charge in [0.15, 0.2) is 0 Å². The lowest BCUT2D eigenvalue weighted by molar-refractivity contribution is 0.392. The summed E-state index contributed by atoms with van der Waals surface area (Å²) >= 11 is 6.06. The van der Waals surface area contributed by atoms with E-state index in [-0.39, 0.29) is 0 Å². The number of methoxy groups -OCH3 is 2. The number of hydrogen-bond donors (Lipinski definition) is 0. The molecule has 0 atom stereocenters. The molecule has 0 saturated carbocycles. The highest BCUT2D eigenvalue weighted by Gasteiger charge is 2.17. The summed E-state index contributed by atoms with van der Waals surface area (Å²) in [6.07, 6.45) is 6.32. The Hall–Kier alpha value is -3.32. The molecular weight excluding hydrogens is 426 g/mol. The predicted molar refractivity (Wildman–Crippen MR) is 128 cm³/mol. The summed E-state index contributed by atoms with van der Waals surface area (Å²) in [5, 5.41) is 4.24. The maximum atomic E-state index is 6.06. The van der Waals surface area contributed by atoms with Gasteiger partial charge < -0.3 is 14.4 Å². The molecule has 8 heteroatoms. The van der Waals surface area contributed by atoms with Crippen molar-refractivity contribution in [1.29, 1.82) is 0 Å². The summed E-state index contributed by atoms with van der Waals surface area (Å²) in [6, 6.07) is 10.0. The first kappa shape index (κ1) is 21.9. The fourth-order valence-corrected chi connectivity index (χ4v) is 3.84. The van der Waals surface area contributed by atoms with E-state index in [1.165, 1.54) is 0 Å². The number of benzene rings is 2. The van der Waals surface area contributed by atoms with Gasteiger partial charge in [0.05, 0.1) is 49.0 Å². The van der Waals surface area contributed by atoms with Crippen LogP contribution in [-0.4, -0.2) is 46.4 Å². The van der Waals surface area contributed by atoms with Gasteiger partial charge in [0.1, 0.15) is 11.5 Å². The summed E-state index contributed by atoms with van der Waals surface area (Å²) in [5.41, 5.74) is 6.39. The van der Waals surface area contributed by atoms with E-state index in [0.29, 0.717) is 5.88 Å². The van der Waals surface area contributed by atoms with Gasteiger partial charge in [-0.25, -0.2) is 4.98 Å². The average Bonchev–Trinajstić information content (AvgIpc) is 3.26. The van der Waals surface area contributed by atoms with Crippen molar-refractivity contribution < 1.29 is 9.47 Å². The molecule has 0 unspecified atom stereocenters. The quantitative estimate of drug-likeness (QED) is 0.346. The third-order valence-corrected chi connectivity index (χ3v) is 5.67. The largest absolute Gasteiger partial charge is 0.497 e. The van der Waals surface area contributed by atoms with Gasteiger partial charge in [0.2, 0.25) is 0 Å². The fourth-order valence-electron chi connectivity index (χ4n) is 3.73. The molecule has 0 saturated heterocycles. The third-order valence-electron chi connectivity index (χ3n) is 5.41. The molecule has 0 aliphatic carbocycles. The molecule has 4 aromatic rings. The second-order valence-electron chi connectivity index (χ2n) is 7.50. The van der Waals surface area contributed by atoms with Gasteiger partial charge in [0.25, 0.3) is 0 Å². The smallest absolute Gasteiger partial charge is 0.127 e. The van der Waals surface area contributed by atoms with Crippen LogP contribution in [0, 0.1) is 6.92 Å². The zero-order valence-electron chi connectivity index (χ0n) is 18.7. The number of alkyl halides is 1. The number of halogens is 1. The lowest BCUT2D eigenvalue weighted by Crippen LogP contribution is -2.20. The van der Waals surface area contributed by atoms with E-state index in [0.717, 1.165) is 63.7 Å². The summed E-state index contributed by atoms with van der Waals surface area (Å²) in [6.45, 7) is 2.78. The summed E-state index contributed by atoms with van der Waals surface area (Å²) in [7, 11) is 5.21. The summed E-state index contributed by atoms with van der Waals surface area (Å²) in [5.74, 6) is 2.07. The van der Waals surface area contributed by atoms with Gasteiger partial charge in [-0.2, -0.15) is 5.10 Å². The van der Waals surface area contributed by atoms with Gasteiger partial charge in [-0.05, 0) is 31.5 Å². The molecule has 7 nitrogen and oxygen atoms in total. The van der Waals surface area contributed by atoms with Crippen LogP contribution < -0.4 is 14.4 Å². The first-order valence-corrected chi connectivity index (χ1v) is 10.9. The van der Waals surface area contributed by atoms with Crippen LogP contribution in [0.25, 0.3) is 22.3 Å². The lowest BCUT2D eigenvalue weighted by atomic mass is 10.1. The van der Waals surface area contributed by atoms with Crippen molar-refractivity contribution in [3.63, 3.8) is 0 Å². The van der Waals surface area contributed by atoms with E-state index in [4.69, 9.17) is 26.1 Å². The van der Waals surface area contributed by atoms with E-state index in [2.05, 4.69) is 27.1 Å². The van der Waals surface area contributed by atoms with E-state index in [9.17, 15) is 0 Å². The van der Waals surface area contributed by atoms with Crippen LogP contribution >= 0.6 is 11.6 Å². The Morgan fingerprint density at radius 1 is 1.06 bits per heavy atom. The SMILES string of the molecule is COc1cc(OC)c(C)c(N(CCCCl)c2ccc3ncc(-c4cnn(C)c4)nc3c2)c1. The molecule has 0 radical (unpaired) electrons. The van der Waals surface area contributed by atoms with Crippen molar-refractivity contribution in [3.05, 3.63) is 54.5 Å². The molecular formula is C24H26ClN5O2. The van der Waals surface area contributed by atoms with E-state index in [1.54, 1.807) is 31.3 Å². The molecule has 32 heavy (non-hydrogen) atoms. The van der Waals surface area contributed by atoms with Crippen molar-refractivity contribution in [1.82, 2.24) is 19.7 Å². The van der Waals surface area contributed by atoms with Crippen molar-refractivity contribution >= 4 is 34.0 Å². The lowest BCUT2D eigenvalue weighted by Gasteiger charge is -2.28. The zero-order valence-corrected chi connectivity index (χ0v) is 19.4. The molecule has 0 aliphatic rings. The number of aromatic nitrogens is 4. The second kappa shape index (κ2) is 9.44. The Balaban J connectivity index is 1.82. The van der Waals surface area contributed by atoms with Crippen molar-refractivity contribution in [2.24, 2.45) is 7.05 Å². The topological polar surface area (TPSA) is 65.3 Å². The highest BCUT2D eigenvalue weighted by atomic mass is 35.5. The predicted octanol–water partition coefficient (Wildman–Crippen LogP) is 5.12. The van der Waals surface area contributed by atoms with Gasteiger partial charge >= 0.3 is 0 Å².